The number of nitrogens with one attached hydrogen (secondary N) is 1. The Balaban J connectivity index is 1.72. The molecule has 7 nitrogen and oxygen atoms in total. The summed E-state index contributed by atoms with van der Waals surface area (Å²) in [7, 11) is 0. The van der Waals surface area contributed by atoms with E-state index in [0.29, 0.717) is 28.6 Å². The van der Waals surface area contributed by atoms with E-state index in [0.717, 1.165) is 12.1 Å². The van der Waals surface area contributed by atoms with Crippen molar-refractivity contribution in [2.45, 2.75) is 51.3 Å². The molecule has 2 N–H and O–H groups in total. The fraction of sp³-hybridized carbons (Fsp3) is 0.286. The monoisotopic (exact) mass is 578 g/mol. The Morgan fingerprint density at radius 2 is 1.90 bits per heavy atom. The molecule has 40 heavy (non-hydrogen) atoms. The number of aromatic nitrogens is 1. The first-order valence-electron chi connectivity index (χ1n) is 12.1. The maximum Gasteiger partial charge on any atom is 0.420 e. The lowest BCUT2D eigenvalue weighted by Gasteiger charge is -2.23. The zero-order valence-electron chi connectivity index (χ0n) is 21.8. The van der Waals surface area contributed by atoms with Gasteiger partial charge in [0.1, 0.15) is 40.3 Å². The predicted molar refractivity (Wildman–Crippen MR) is 141 cm³/mol. The summed E-state index contributed by atoms with van der Waals surface area (Å²) in [5.41, 5.74) is 0.887. The number of halogens is 4. The number of alkyl halides is 3. The Morgan fingerprint density at radius 1 is 1.15 bits per heavy atom. The Kier molecular flexibility index (Phi) is 8.43. The topological polar surface area (TPSA) is 108 Å². The number of rotatable bonds is 9. The minimum Gasteiger partial charge on any atom is -0.598 e. The summed E-state index contributed by atoms with van der Waals surface area (Å²) >= 11 is -1.36. The molecule has 0 saturated carbocycles. The average molecular weight is 579 g/mol. The molecule has 0 radical (unpaired) electrons. The lowest BCUT2D eigenvalue weighted by Crippen LogP contribution is -2.39. The van der Waals surface area contributed by atoms with Gasteiger partial charge in [-0.15, -0.1) is 4.72 Å². The van der Waals surface area contributed by atoms with Gasteiger partial charge in [-0.1, -0.05) is 6.07 Å². The summed E-state index contributed by atoms with van der Waals surface area (Å²) in [6.07, 6.45) is -2.98. The number of ether oxygens (including phenoxy) is 1. The number of carboxylic acids is 1. The second-order valence-electron chi connectivity index (χ2n) is 10.0. The number of hydrogen-bond donors (Lipinski definition) is 2. The summed E-state index contributed by atoms with van der Waals surface area (Å²) in [6, 6.07) is 9.53. The zero-order valence-corrected chi connectivity index (χ0v) is 22.6. The molecule has 1 atom stereocenters. The van der Waals surface area contributed by atoms with E-state index in [9.17, 15) is 26.9 Å². The van der Waals surface area contributed by atoms with Crippen molar-refractivity contribution in [2.75, 3.05) is 0 Å². The molecule has 0 spiro atoms. The zero-order chi connectivity index (χ0) is 29.2. The van der Waals surface area contributed by atoms with Gasteiger partial charge in [-0.25, -0.2) is 4.39 Å². The SMILES string of the molecule is CC(C)(C)[S@+]([O-])NCc1cc(-c2cc(COc3cc(F)ccc3CC(=O)O)cc3c(C(F)(F)F)coc23)ccn1. The van der Waals surface area contributed by atoms with Gasteiger partial charge < -0.3 is 18.8 Å². The molecule has 0 unspecified atom stereocenters. The minimum absolute atomic E-state index is 0.00299. The summed E-state index contributed by atoms with van der Waals surface area (Å²) < 4.78 is 81.1. The van der Waals surface area contributed by atoms with Crippen molar-refractivity contribution in [3.05, 3.63) is 83.1 Å². The van der Waals surface area contributed by atoms with Crippen LogP contribution in [0.3, 0.4) is 0 Å². The molecule has 2 aromatic carbocycles. The first kappa shape index (κ1) is 29.4. The maximum atomic E-state index is 13.9. The van der Waals surface area contributed by atoms with Gasteiger partial charge in [0.15, 0.2) is 0 Å². The average Bonchev–Trinajstić information content (AvgIpc) is 3.31. The van der Waals surface area contributed by atoms with Gasteiger partial charge >= 0.3 is 12.1 Å². The maximum absolute atomic E-state index is 13.9. The third-order valence-corrected chi connectivity index (χ3v) is 7.39. The number of benzene rings is 2. The van der Waals surface area contributed by atoms with Crippen molar-refractivity contribution in [1.29, 1.82) is 0 Å². The van der Waals surface area contributed by atoms with Crippen LogP contribution in [0.1, 0.15) is 43.2 Å². The third-order valence-electron chi connectivity index (χ3n) is 5.87. The van der Waals surface area contributed by atoms with Gasteiger partial charge in [-0.05, 0) is 62.2 Å². The molecule has 0 aliphatic carbocycles. The van der Waals surface area contributed by atoms with Crippen molar-refractivity contribution in [3.8, 4) is 16.9 Å². The lowest BCUT2D eigenvalue weighted by atomic mass is 9.99. The van der Waals surface area contributed by atoms with E-state index in [1.165, 1.54) is 18.3 Å². The summed E-state index contributed by atoms with van der Waals surface area (Å²) in [5, 5.41) is 8.95. The van der Waals surface area contributed by atoms with Crippen molar-refractivity contribution in [1.82, 2.24) is 9.71 Å². The van der Waals surface area contributed by atoms with Crippen LogP contribution in [-0.2, 0) is 41.9 Å². The van der Waals surface area contributed by atoms with Gasteiger partial charge in [-0.2, -0.15) is 13.2 Å². The number of hydrogen-bond acceptors (Lipinski definition) is 6. The third kappa shape index (κ3) is 6.93. The largest absolute Gasteiger partial charge is 0.598 e. The van der Waals surface area contributed by atoms with Crippen LogP contribution in [0, 0.1) is 5.82 Å². The van der Waals surface area contributed by atoms with Crippen molar-refractivity contribution in [2.24, 2.45) is 0 Å². The van der Waals surface area contributed by atoms with E-state index >= 15 is 0 Å². The smallest absolute Gasteiger partial charge is 0.420 e. The van der Waals surface area contributed by atoms with Gasteiger partial charge in [0, 0.05) is 40.1 Å². The number of furan rings is 1. The van der Waals surface area contributed by atoms with E-state index in [4.69, 9.17) is 14.3 Å². The highest BCUT2D eigenvalue weighted by Gasteiger charge is 2.35. The summed E-state index contributed by atoms with van der Waals surface area (Å²) in [4.78, 5) is 15.5. The normalized spacial score (nSPS) is 13.0. The highest BCUT2D eigenvalue weighted by atomic mass is 32.2. The van der Waals surface area contributed by atoms with Crippen LogP contribution in [0.2, 0.25) is 0 Å². The molecule has 12 heteroatoms. The molecular formula is C28H26F4N2O5S. The molecule has 0 aliphatic rings. The van der Waals surface area contributed by atoms with Crippen molar-refractivity contribution in [3.63, 3.8) is 0 Å². The highest BCUT2D eigenvalue weighted by Crippen LogP contribution is 2.40. The van der Waals surface area contributed by atoms with E-state index in [-0.39, 0.29) is 35.4 Å². The number of fused-ring (bicyclic) bond motifs is 1. The van der Waals surface area contributed by atoms with E-state index in [2.05, 4.69) is 9.71 Å². The first-order valence-corrected chi connectivity index (χ1v) is 13.2. The van der Waals surface area contributed by atoms with Crippen LogP contribution in [-0.4, -0.2) is 25.4 Å². The Hall–Kier alpha value is -3.61. The van der Waals surface area contributed by atoms with Gasteiger partial charge in [-0.3, -0.25) is 9.78 Å². The number of carboxylic acid groups (broad SMARTS) is 1. The van der Waals surface area contributed by atoms with Gasteiger partial charge in [0.25, 0.3) is 0 Å². The van der Waals surface area contributed by atoms with Crippen LogP contribution >= 0.6 is 0 Å². The standard InChI is InChI=1S/C28H26F4N2O5S/c1-27(2,3)40(37)34-13-20-10-17(6-7-33-20)21-8-16(9-22-23(28(30,31)32)15-39-26(21)22)14-38-24-12-19(29)5-4-18(24)11-25(35)36/h4-10,12,15,34H,11,13-14H2,1-3H3,(H,35,36)/t40-/m0/s1. The van der Waals surface area contributed by atoms with E-state index < -0.39 is 46.1 Å². The Bertz CT molecular complexity index is 1530. The number of pyridine rings is 1. The molecular weight excluding hydrogens is 552 g/mol. The number of aliphatic carboxylic acids is 1. The fourth-order valence-corrected chi connectivity index (χ4v) is 4.66. The van der Waals surface area contributed by atoms with Crippen LogP contribution in [0.5, 0.6) is 5.75 Å². The highest BCUT2D eigenvalue weighted by molar-refractivity contribution is 7.90. The molecule has 0 aliphatic heterocycles. The molecule has 0 amide bonds. The molecule has 2 heterocycles. The summed E-state index contributed by atoms with van der Waals surface area (Å²) in [5.74, 6) is -1.83. The Morgan fingerprint density at radius 3 is 2.58 bits per heavy atom. The van der Waals surface area contributed by atoms with Gasteiger partial charge in [0.05, 0.1) is 18.7 Å². The first-order chi connectivity index (χ1) is 18.7. The molecule has 0 saturated heterocycles. The predicted octanol–water partition coefficient (Wildman–Crippen LogP) is 6.41. The number of nitrogens with zero attached hydrogens (tertiary/aromatic N) is 1. The summed E-state index contributed by atoms with van der Waals surface area (Å²) in [6.45, 7) is 5.32. The molecule has 4 rings (SSSR count). The Labute approximate surface area is 230 Å². The van der Waals surface area contributed by atoms with E-state index in [1.54, 1.807) is 18.2 Å². The van der Waals surface area contributed by atoms with Crippen molar-refractivity contribution >= 4 is 28.3 Å². The van der Waals surface area contributed by atoms with E-state index in [1.807, 2.05) is 20.8 Å². The molecule has 212 valence electrons. The molecule has 0 bridgehead atoms. The molecule has 2 aromatic heterocycles. The minimum atomic E-state index is -4.69. The quantitative estimate of drug-likeness (QED) is 0.175. The second kappa shape index (κ2) is 11.5. The van der Waals surface area contributed by atoms with Crippen molar-refractivity contribution < 1.29 is 41.2 Å². The fourth-order valence-electron chi connectivity index (χ4n) is 3.95. The van der Waals surface area contributed by atoms with Crippen LogP contribution < -0.4 is 9.46 Å². The second-order valence-corrected chi connectivity index (χ2v) is 12.1. The van der Waals surface area contributed by atoms with Gasteiger partial charge in [0.2, 0.25) is 0 Å². The molecule has 4 aromatic rings. The van der Waals surface area contributed by atoms with Crippen LogP contribution in [0.15, 0.2) is 59.3 Å². The van der Waals surface area contributed by atoms with Crippen LogP contribution in [0.4, 0.5) is 17.6 Å². The molecule has 0 fully saturated rings. The lowest BCUT2D eigenvalue weighted by molar-refractivity contribution is -0.137. The number of carbonyl (C=O) groups is 1. The van der Waals surface area contributed by atoms with Crippen LogP contribution in [0.25, 0.3) is 22.1 Å².